The Hall–Kier alpha value is -1.43. The number of methoxy groups -OCH3 is 1. The first-order valence-electron chi connectivity index (χ1n) is 4.65. The minimum Gasteiger partial charge on any atom is -0.469 e. The smallest absolute Gasteiger partial charge is 0.310 e. The molecule has 0 amide bonds. The molecule has 0 radical (unpaired) electrons. The molecule has 0 saturated carbocycles. The normalized spacial score (nSPS) is 10.6. The third-order valence-electron chi connectivity index (χ3n) is 2.18. The molecular weight excluding hydrogens is 256 g/mol. The van der Waals surface area contributed by atoms with Crippen LogP contribution in [0.25, 0.3) is 0 Å². The van der Waals surface area contributed by atoms with Crippen LogP contribution in [0.15, 0.2) is 10.9 Å². The lowest BCUT2D eigenvalue weighted by atomic mass is 10.1. The predicted octanol–water partition coefficient (Wildman–Crippen LogP) is 1.77. The molecule has 1 N–H and O–H groups in total. The van der Waals surface area contributed by atoms with Crippen molar-refractivity contribution in [1.82, 2.24) is 4.98 Å². The second-order valence-electron chi connectivity index (χ2n) is 3.24. The lowest BCUT2D eigenvalue weighted by Crippen LogP contribution is -2.21. The number of aromatic amines is 1. The summed E-state index contributed by atoms with van der Waals surface area (Å²) in [7, 11) is 1.17. The number of hydrogen-bond donors (Lipinski definition) is 1. The highest BCUT2D eigenvalue weighted by Crippen LogP contribution is 2.18. The van der Waals surface area contributed by atoms with Crippen molar-refractivity contribution < 1.29 is 18.3 Å². The van der Waals surface area contributed by atoms with E-state index < -0.39 is 23.6 Å². The Labute approximate surface area is 101 Å². The zero-order chi connectivity index (χ0) is 13.0. The fourth-order valence-electron chi connectivity index (χ4n) is 1.31. The van der Waals surface area contributed by atoms with E-state index in [1.807, 2.05) is 4.98 Å². The summed E-state index contributed by atoms with van der Waals surface area (Å²) < 4.78 is 29.2. The topological polar surface area (TPSA) is 59.2 Å². The van der Waals surface area contributed by atoms with Crippen molar-refractivity contribution in [3.63, 3.8) is 0 Å². The molecule has 17 heavy (non-hydrogen) atoms. The zero-order valence-corrected chi connectivity index (χ0v) is 9.68. The fourth-order valence-corrected chi connectivity index (χ4v) is 1.55. The van der Waals surface area contributed by atoms with E-state index in [4.69, 9.17) is 11.6 Å². The Morgan fingerprint density at radius 2 is 2.24 bits per heavy atom. The van der Waals surface area contributed by atoms with Gasteiger partial charge in [0.05, 0.1) is 19.2 Å². The standard InChI is InChI=1S/C10H10ClF2NO3/c1-17-8(15)3-6-5(4-11)2-7(9(12)13)14-10(6)16/h2,9H,3-4H2,1H3,(H,14,16). The van der Waals surface area contributed by atoms with Gasteiger partial charge in [-0.15, -0.1) is 11.6 Å². The van der Waals surface area contributed by atoms with E-state index in [-0.39, 0.29) is 23.4 Å². The van der Waals surface area contributed by atoms with Crippen molar-refractivity contribution in [3.05, 3.63) is 33.2 Å². The number of esters is 1. The van der Waals surface area contributed by atoms with E-state index in [9.17, 15) is 18.4 Å². The van der Waals surface area contributed by atoms with Crippen molar-refractivity contribution in [2.75, 3.05) is 7.11 Å². The summed E-state index contributed by atoms with van der Waals surface area (Å²) in [5.74, 6) is -0.762. The fraction of sp³-hybridized carbons (Fsp3) is 0.400. The van der Waals surface area contributed by atoms with E-state index >= 15 is 0 Å². The molecule has 1 aromatic rings. The molecule has 0 spiro atoms. The van der Waals surface area contributed by atoms with Gasteiger partial charge in [-0.1, -0.05) is 0 Å². The van der Waals surface area contributed by atoms with Gasteiger partial charge in [0.2, 0.25) is 0 Å². The molecule has 1 rings (SSSR count). The van der Waals surface area contributed by atoms with Crippen LogP contribution in [-0.2, 0) is 21.8 Å². The number of halogens is 3. The van der Waals surface area contributed by atoms with E-state index in [2.05, 4.69) is 4.74 Å². The number of aromatic nitrogens is 1. The summed E-state index contributed by atoms with van der Waals surface area (Å²) in [4.78, 5) is 24.6. The third kappa shape index (κ3) is 3.26. The van der Waals surface area contributed by atoms with Crippen LogP contribution in [0.3, 0.4) is 0 Å². The van der Waals surface area contributed by atoms with Gasteiger partial charge in [0.15, 0.2) is 0 Å². The Bertz CT molecular complexity index is 473. The molecule has 0 aliphatic carbocycles. The molecule has 4 nitrogen and oxygen atoms in total. The van der Waals surface area contributed by atoms with E-state index in [1.54, 1.807) is 0 Å². The first-order chi connectivity index (χ1) is 7.99. The summed E-state index contributed by atoms with van der Waals surface area (Å²) in [5.41, 5.74) is -1.00. The van der Waals surface area contributed by atoms with Gasteiger partial charge in [-0.05, 0) is 11.6 Å². The summed E-state index contributed by atoms with van der Waals surface area (Å²) in [6, 6.07) is 1.08. The number of H-pyrrole nitrogens is 1. The SMILES string of the molecule is COC(=O)Cc1c(CCl)cc(C(F)F)[nH]c1=O. The second kappa shape index (κ2) is 5.77. The van der Waals surface area contributed by atoms with Crippen molar-refractivity contribution in [2.24, 2.45) is 0 Å². The lowest BCUT2D eigenvalue weighted by Gasteiger charge is -2.08. The van der Waals surface area contributed by atoms with Gasteiger partial charge in [0.25, 0.3) is 12.0 Å². The number of ether oxygens (including phenoxy) is 1. The Balaban J connectivity index is 3.21. The summed E-state index contributed by atoms with van der Waals surface area (Å²) in [5, 5.41) is 0. The molecule has 0 saturated heterocycles. The summed E-state index contributed by atoms with van der Waals surface area (Å²) >= 11 is 5.56. The van der Waals surface area contributed by atoms with E-state index in [1.165, 1.54) is 7.11 Å². The number of rotatable bonds is 4. The highest BCUT2D eigenvalue weighted by molar-refractivity contribution is 6.17. The maximum Gasteiger partial charge on any atom is 0.310 e. The molecule has 94 valence electrons. The van der Waals surface area contributed by atoms with Crippen molar-refractivity contribution >= 4 is 17.6 Å². The Kier molecular flexibility index (Phi) is 4.62. The number of carbonyl (C=O) groups excluding carboxylic acids is 1. The zero-order valence-electron chi connectivity index (χ0n) is 8.93. The number of hydrogen-bond acceptors (Lipinski definition) is 3. The molecule has 0 atom stereocenters. The van der Waals surface area contributed by atoms with Gasteiger partial charge in [-0.3, -0.25) is 9.59 Å². The molecular formula is C10H10ClF2NO3. The highest BCUT2D eigenvalue weighted by Gasteiger charge is 2.16. The molecule has 0 aromatic carbocycles. The molecule has 0 unspecified atom stereocenters. The quantitative estimate of drug-likeness (QED) is 0.667. The largest absolute Gasteiger partial charge is 0.469 e. The second-order valence-corrected chi connectivity index (χ2v) is 3.51. The molecule has 0 bridgehead atoms. The van der Waals surface area contributed by atoms with Crippen LogP contribution in [-0.4, -0.2) is 18.1 Å². The molecule has 0 aliphatic heterocycles. The Morgan fingerprint density at radius 1 is 1.59 bits per heavy atom. The van der Waals surface area contributed by atoms with Crippen LogP contribution in [0.5, 0.6) is 0 Å². The lowest BCUT2D eigenvalue weighted by molar-refractivity contribution is -0.139. The van der Waals surface area contributed by atoms with E-state index in [0.717, 1.165) is 6.07 Å². The van der Waals surface area contributed by atoms with Crippen molar-refractivity contribution in [3.8, 4) is 0 Å². The maximum atomic E-state index is 12.4. The summed E-state index contributed by atoms with van der Waals surface area (Å²) in [6.45, 7) is 0. The molecule has 7 heteroatoms. The van der Waals surface area contributed by atoms with Crippen LogP contribution < -0.4 is 5.56 Å². The third-order valence-corrected chi connectivity index (χ3v) is 2.47. The van der Waals surface area contributed by atoms with Crippen LogP contribution >= 0.6 is 11.6 Å². The van der Waals surface area contributed by atoms with Gasteiger partial charge < -0.3 is 9.72 Å². The molecule has 1 heterocycles. The van der Waals surface area contributed by atoms with Gasteiger partial charge in [-0.2, -0.15) is 0 Å². The maximum absolute atomic E-state index is 12.4. The minimum absolute atomic E-state index is 0.0521. The first-order valence-corrected chi connectivity index (χ1v) is 5.19. The molecule has 0 fully saturated rings. The number of nitrogens with one attached hydrogen (secondary N) is 1. The van der Waals surface area contributed by atoms with Crippen molar-refractivity contribution in [1.29, 1.82) is 0 Å². The Morgan fingerprint density at radius 3 is 2.71 bits per heavy atom. The number of alkyl halides is 3. The van der Waals surface area contributed by atoms with Gasteiger partial charge in [-0.25, -0.2) is 8.78 Å². The van der Waals surface area contributed by atoms with Gasteiger partial charge in [0.1, 0.15) is 0 Å². The number of pyridine rings is 1. The summed E-state index contributed by atoms with van der Waals surface area (Å²) in [6.07, 6.45) is -3.09. The highest BCUT2D eigenvalue weighted by atomic mass is 35.5. The van der Waals surface area contributed by atoms with Crippen LogP contribution in [0.4, 0.5) is 8.78 Å². The average Bonchev–Trinajstić information content (AvgIpc) is 2.30. The van der Waals surface area contributed by atoms with Crippen LogP contribution in [0, 0.1) is 0 Å². The average molecular weight is 266 g/mol. The van der Waals surface area contributed by atoms with Crippen molar-refractivity contribution in [2.45, 2.75) is 18.7 Å². The van der Waals surface area contributed by atoms with Crippen LogP contribution in [0.2, 0.25) is 0 Å². The van der Waals surface area contributed by atoms with E-state index in [0.29, 0.717) is 0 Å². The number of carbonyl (C=O) groups is 1. The monoisotopic (exact) mass is 265 g/mol. The molecule has 0 aliphatic rings. The first kappa shape index (κ1) is 13.6. The molecule has 1 aromatic heterocycles. The van der Waals surface area contributed by atoms with Crippen LogP contribution in [0.1, 0.15) is 23.2 Å². The van der Waals surface area contributed by atoms with Gasteiger partial charge >= 0.3 is 5.97 Å². The predicted molar refractivity (Wildman–Crippen MR) is 57.3 cm³/mol. The van der Waals surface area contributed by atoms with Gasteiger partial charge in [0, 0.05) is 11.4 Å². The minimum atomic E-state index is -2.79.